The minimum atomic E-state index is -0.457. The Balaban J connectivity index is 2.00. The average molecular weight is 349 g/mol. The summed E-state index contributed by atoms with van der Waals surface area (Å²) >= 11 is 0. The average Bonchev–Trinajstić information content (AvgIpc) is 2.85. The number of carbonyl (C=O) groups excluding carboxylic acids is 4. The maximum Gasteiger partial charge on any atom is 0.261 e. The van der Waals surface area contributed by atoms with E-state index in [1.54, 1.807) is 0 Å². The lowest BCUT2D eigenvalue weighted by atomic mass is 9.92. The van der Waals surface area contributed by atoms with Gasteiger partial charge in [-0.15, -0.1) is 0 Å². The van der Waals surface area contributed by atoms with Crippen LogP contribution in [0.3, 0.4) is 0 Å². The number of rotatable bonds is 5. The van der Waals surface area contributed by atoms with Crippen LogP contribution in [0.15, 0.2) is 36.4 Å². The SMILES string of the molecule is CCc1ccc(CC(=O)c2cc3c(cc2C(C)=O)C(=O)N(C)C3=O)cc1. The van der Waals surface area contributed by atoms with Gasteiger partial charge in [-0.2, -0.15) is 0 Å². The van der Waals surface area contributed by atoms with Crippen molar-refractivity contribution in [3.63, 3.8) is 0 Å². The van der Waals surface area contributed by atoms with Crippen molar-refractivity contribution in [2.24, 2.45) is 0 Å². The quantitative estimate of drug-likeness (QED) is 0.614. The monoisotopic (exact) mass is 349 g/mol. The van der Waals surface area contributed by atoms with Gasteiger partial charge in [-0.25, -0.2) is 0 Å². The molecule has 0 aliphatic carbocycles. The van der Waals surface area contributed by atoms with Gasteiger partial charge in [-0.3, -0.25) is 24.1 Å². The van der Waals surface area contributed by atoms with E-state index in [2.05, 4.69) is 6.92 Å². The van der Waals surface area contributed by atoms with Gasteiger partial charge in [0.2, 0.25) is 0 Å². The Morgan fingerprint density at radius 1 is 0.885 bits per heavy atom. The lowest BCUT2D eigenvalue weighted by Crippen LogP contribution is -2.24. The van der Waals surface area contributed by atoms with E-state index in [1.165, 1.54) is 31.7 Å². The Morgan fingerprint density at radius 2 is 1.38 bits per heavy atom. The van der Waals surface area contributed by atoms with E-state index in [9.17, 15) is 19.2 Å². The minimum Gasteiger partial charge on any atom is -0.294 e. The van der Waals surface area contributed by atoms with E-state index in [0.29, 0.717) is 0 Å². The van der Waals surface area contributed by atoms with Crippen molar-refractivity contribution in [1.29, 1.82) is 0 Å². The standard InChI is InChI=1S/C21H19NO4/c1-4-13-5-7-14(8-6-13)9-19(24)16-11-18-17(10-15(16)12(2)23)20(25)22(3)21(18)26/h5-8,10-11H,4,9H2,1-3H3. The number of hydrogen-bond acceptors (Lipinski definition) is 4. The van der Waals surface area contributed by atoms with Crippen molar-refractivity contribution in [3.8, 4) is 0 Å². The smallest absolute Gasteiger partial charge is 0.261 e. The lowest BCUT2D eigenvalue weighted by molar-refractivity contribution is 0.0692. The molecular formula is C21H19NO4. The highest BCUT2D eigenvalue weighted by Crippen LogP contribution is 2.27. The van der Waals surface area contributed by atoms with Crippen molar-refractivity contribution in [3.05, 3.63) is 69.8 Å². The highest BCUT2D eigenvalue weighted by Gasteiger charge is 2.35. The number of ketones is 2. The lowest BCUT2D eigenvalue weighted by Gasteiger charge is -2.09. The third-order valence-electron chi connectivity index (χ3n) is 4.70. The van der Waals surface area contributed by atoms with Gasteiger partial charge >= 0.3 is 0 Å². The van der Waals surface area contributed by atoms with Crippen LogP contribution < -0.4 is 0 Å². The molecular weight excluding hydrogens is 330 g/mol. The van der Waals surface area contributed by atoms with Crippen LogP contribution in [-0.2, 0) is 12.8 Å². The van der Waals surface area contributed by atoms with Gasteiger partial charge in [0.05, 0.1) is 11.1 Å². The maximum absolute atomic E-state index is 12.8. The molecule has 2 aromatic rings. The molecule has 2 amide bonds. The molecule has 0 bridgehead atoms. The molecule has 1 heterocycles. The molecule has 3 rings (SSSR count). The molecule has 1 aliphatic heterocycles. The van der Waals surface area contributed by atoms with Crippen LogP contribution in [0.2, 0.25) is 0 Å². The second kappa shape index (κ2) is 6.67. The summed E-state index contributed by atoms with van der Waals surface area (Å²) in [4.78, 5) is 50.1. The molecule has 1 aliphatic rings. The molecule has 0 radical (unpaired) electrons. The zero-order valence-electron chi connectivity index (χ0n) is 15.0. The van der Waals surface area contributed by atoms with Crippen LogP contribution in [0.1, 0.15) is 66.4 Å². The number of carbonyl (C=O) groups is 4. The summed E-state index contributed by atoms with van der Waals surface area (Å²) in [5.74, 6) is -1.48. The van der Waals surface area contributed by atoms with Gasteiger partial charge in [-0.05, 0) is 36.6 Å². The van der Waals surface area contributed by atoms with Gasteiger partial charge in [-0.1, -0.05) is 31.2 Å². The van der Waals surface area contributed by atoms with E-state index in [4.69, 9.17) is 0 Å². The van der Waals surface area contributed by atoms with Crippen LogP contribution in [-0.4, -0.2) is 35.3 Å². The van der Waals surface area contributed by atoms with Gasteiger partial charge in [0.15, 0.2) is 11.6 Å². The topological polar surface area (TPSA) is 71.5 Å². The van der Waals surface area contributed by atoms with E-state index in [0.717, 1.165) is 16.9 Å². The molecule has 0 saturated carbocycles. The third-order valence-corrected chi connectivity index (χ3v) is 4.70. The molecule has 0 N–H and O–H groups in total. The van der Waals surface area contributed by atoms with Gasteiger partial charge < -0.3 is 0 Å². The van der Waals surface area contributed by atoms with Crippen LogP contribution in [0.4, 0.5) is 0 Å². The van der Waals surface area contributed by atoms with E-state index >= 15 is 0 Å². The zero-order valence-corrected chi connectivity index (χ0v) is 15.0. The molecule has 26 heavy (non-hydrogen) atoms. The fourth-order valence-electron chi connectivity index (χ4n) is 3.10. The number of Topliss-reactive ketones (excluding diaryl/α,β-unsaturated/α-hetero) is 2. The highest BCUT2D eigenvalue weighted by atomic mass is 16.2. The predicted molar refractivity (Wildman–Crippen MR) is 96.7 cm³/mol. The number of aryl methyl sites for hydroxylation is 1. The van der Waals surface area contributed by atoms with Crippen molar-refractivity contribution in [1.82, 2.24) is 4.90 Å². The summed E-state index contributed by atoms with van der Waals surface area (Å²) < 4.78 is 0. The van der Waals surface area contributed by atoms with E-state index in [-0.39, 0.29) is 40.2 Å². The largest absolute Gasteiger partial charge is 0.294 e. The van der Waals surface area contributed by atoms with Gasteiger partial charge in [0, 0.05) is 24.6 Å². The van der Waals surface area contributed by atoms with Crippen LogP contribution in [0.5, 0.6) is 0 Å². The first-order valence-corrected chi connectivity index (χ1v) is 8.45. The Kier molecular flexibility index (Phi) is 4.55. The number of hydrogen-bond donors (Lipinski definition) is 0. The Morgan fingerprint density at radius 3 is 1.88 bits per heavy atom. The first-order chi connectivity index (χ1) is 12.3. The number of fused-ring (bicyclic) bond motifs is 1. The second-order valence-corrected chi connectivity index (χ2v) is 6.44. The van der Waals surface area contributed by atoms with Crippen molar-refractivity contribution in [2.45, 2.75) is 26.7 Å². The van der Waals surface area contributed by atoms with Gasteiger partial charge in [0.1, 0.15) is 0 Å². The molecule has 0 unspecified atom stereocenters. The Labute approximate surface area is 151 Å². The van der Waals surface area contributed by atoms with Crippen LogP contribution >= 0.6 is 0 Å². The van der Waals surface area contributed by atoms with Crippen LogP contribution in [0.25, 0.3) is 0 Å². The summed E-state index contributed by atoms with van der Waals surface area (Å²) in [7, 11) is 1.38. The van der Waals surface area contributed by atoms with Crippen LogP contribution in [0, 0.1) is 0 Å². The first kappa shape index (κ1) is 17.7. The summed E-state index contributed by atoms with van der Waals surface area (Å²) in [5, 5.41) is 0. The van der Waals surface area contributed by atoms with E-state index in [1.807, 2.05) is 24.3 Å². The molecule has 0 saturated heterocycles. The molecule has 5 nitrogen and oxygen atoms in total. The molecule has 132 valence electrons. The van der Waals surface area contributed by atoms with Crippen molar-refractivity contribution >= 4 is 23.4 Å². The third kappa shape index (κ3) is 2.96. The highest BCUT2D eigenvalue weighted by molar-refractivity contribution is 6.23. The summed E-state index contributed by atoms with van der Waals surface area (Å²) in [6, 6.07) is 10.5. The number of amides is 2. The Hall–Kier alpha value is -3.08. The minimum absolute atomic E-state index is 0.126. The molecule has 5 heteroatoms. The number of imide groups is 1. The van der Waals surface area contributed by atoms with Crippen molar-refractivity contribution < 1.29 is 19.2 Å². The maximum atomic E-state index is 12.8. The molecule has 2 aromatic carbocycles. The first-order valence-electron chi connectivity index (χ1n) is 8.45. The summed E-state index contributed by atoms with van der Waals surface area (Å²) in [5.41, 5.74) is 2.72. The fraction of sp³-hybridized carbons (Fsp3) is 0.238. The second-order valence-electron chi connectivity index (χ2n) is 6.44. The number of nitrogens with zero attached hydrogens (tertiary/aromatic N) is 1. The fourth-order valence-corrected chi connectivity index (χ4v) is 3.10. The summed E-state index contributed by atoms with van der Waals surface area (Å²) in [6.45, 7) is 3.40. The normalized spacial score (nSPS) is 13.1. The Bertz CT molecular complexity index is 941. The number of benzene rings is 2. The zero-order chi connectivity index (χ0) is 19.0. The van der Waals surface area contributed by atoms with Crippen molar-refractivity contribution in [2.75, 3.05) is 7.05 Å². The molecule has 0 aromatic heterocycles. The predicted octanol–water partition coefficient (Wildman–Crippen LogP) is 3.10. The van der Waals surface area contributed by atoms with E-state index < -0.39 is 11.8 Å². The molecule has 0 fully saturated rings. The van der Waals surface area contributed by atoms with Gasteiger partial charge in [0.25, 0.3) is 11.8 Å². The summed E-state index contributed by atoms with van der Waals surface area (Å²) in [6.07, 6.45) is 1.04. The molecule has 0 spiro atoms. The molecule has 0 atom stereocenters.